The van der Waals surface area contributed by atoms with Crippen LogP contribution in [0.25, 0.3) is 0 Å². The summed E-state index contributed by atoms with van der Waals surface area (Å²) >= 11 is 1.11. The van der Waals surface area contributed by atoms with Gasteiger partial charge in [-0.15, -0.1) is 11.3 Å². The van der Waals surface area contributed by atoms with Crippen molar-refractivity contribution in [3.63, 3.8) is 0 Å². The summed E-state index contributed by atoms with van der Waals surface area (Å²) in [5.74, 6) is -1.84. The number of ether oxygens (including phenoxy) is 1. The summed E-state index contributed by atoms with van der Waals surface area (Å²) in [6.45, 7) is 0.0366. The van der Waals surface area contributed by atoms with Gasteiger partial charge in [0, 0.05) is 12.6 Å². The Hall–Kier alpha value is -1.51. The van der Waals surface area contributed by atoms with Gasteiger partial charge in [-0.25, -0.2) is 21.9 Å². The minimum absolute atomic E-state index is 0.00960. The number of hydrogen-bond donors (Lipinski definition) is 1. The standard InChI is InChI=1S/C12H11F2NO3S2/c13-10-4-3-9(8-11(10)14)18-6-5-15-20(16,17)12-2-1-7-19-12/h1-4,7-8,15H,5-6H2. The Labute approximate surface area is 119 Å². The number of hydrogen-bond acceptors (Lipinski definition) is 4. The second kappa shape index (κ2) is 6.29. The second-order valence-corrected chi connectivity index (χ2v) is 6.70. The van der Waals surface area contributed by atoms with E-state index in [0.717, 1.165) is 23.5 Å². The number of rotatable bonds is 6. The van der Waals surface area contributed by atoms with Crippen LogP contribution in [0.1, 0.15) is 0 Å². The van der Waals surface area contributed by atoms with E-state index >= 15 is 0 Å². The molecule has 0 aliphatic carbocycles. The number of benzene rings is 1. The van der Waals surface area contributed by atoms with Crippen molar-refractivity contribution in [3.8, 4) is 5.75 Å². The third-order valence-corrected chi connectivity index (χ3v) is 5.17. The van der Waals surface area contributed by atoms with Crippen LogP contribution in [-0.2, 0) is 10.0 Å². The van der Waals surface area contributed by atoms with Gasteiger partial charge in [0.2, 0.25) is 10.0 Å². The van der Waals surface area contributed by atoms with Crippen molar-refractivity contribution in [2.75, 3.05) is 13.2 Å². The minimum atomic E-state index is -3.53. The summed E-state index contributed by atoms with van der Waals surface area (Å²) in [5.41, 5.74) is 0. The highest BCUT2D eigenvalue weighted by molar-refractivity contribution is 7.91. The number of nitrogens with one attached hydrogen (secondary N) is 1. The Morgan fingerprint density at radius 2 is 2.00 bits per heavy atom. The number of thiophene rings is 1. The smallest absolute Gasteiger partial charge is 0.250 e. The average Bonchev–Trinajstić information content (AvgIpc) is 2.93. The molecule has 0 bridgehead atoms. The molecular formula is C12H11F2NO3S2. The van der Waals surface area contributed by atoms with Gasteiger partial charge in [0.1, 0.15) is 16.6 Å². The summed E-state index contributed by atoms with van der Waals surface area (Å²) in [6.07, 6.45) is 0. The van der Waals surface area contributed by atoms with E-state index in [-0.39, 0.29) is 23.1 Å². The molecule has 4 nitrogen and oxygen atoms in total. The molecule has 0 spiro atoms. The fourth-order valence-electron chi connectivity index (χ4n) is 1.40. The molecule has 108 valence electrons. The lowest BCUT2D eigenvalue weighted by atomic mass is 10.3. The maximum Gasteiger partial charge on any atom is 0.250 e. The Morgan fingerprint density at radius 3 is 2.65 bits per heavy atom. The molecule has 0 saturated carbocycles. The molecule has 0 aliphatic heterocycles. The first-order valence-corrected chi connectivity index (χ1v) is 7.96. The normalized spacial score (nSPS) is 11.5. The molecule has 0 atom stereocenters. The number of sulfonamides is 1. The molecule has 0 radical (unpaired) electrons. The summed E-state index contributed by atoms with van der Waals surface area (Å²) < 4.78 is 56.7. The predicted molar refractivity (Wildman–Crippen MR) is 71.4 cm³/mol. The summed E-state index contributed by atoms with van der Waals surface area (Å²) in [4.78, 5) is 0. The molecule has 0 amide bonds. The topological polar surface area (TPSA) is 55.4 Å². The zero-order valence-electron chi connectivity index (χ0n) is 10.2. The van der Waals surface area contributed by atoms with Crippen molar-refractivity contribution >= 4 is 21.4 Å². The second-order valence-electron chi connectivity index (χ2n) is 3.75. The van der Waals surface area contributed by atoms with Gasteiger partial charge in [0.05, 0.1) is 0 Å². The van der Waals surface area contributed by atoms with Gasteiger partial charge >= 0.3 is 0 Å². The van der Waals surface area contributed by atoms with E-state index in [1.807, 2.05) is 0 Å². The monoisotopic (exact) mass is 319 g/mol. The van der Waals surface area contributed by atoms with Crippen molar-refractivity contribution in [2.45, 2.75) is 4.21 Å². The van der Waals surface area contributed by atoms with Crippen LogP contribution in [0.4, 0.5) is 8.78 Å². The summed E-state index contributed by atoms with van der Waals surface area (Å²) in [7, 11) is -3.53. The maximum absolute atomic E-state index is 12.9. The Bertz CT molecular complexity index is 672. The minimum Gasteiger partial charge on any atom is -0.492 e. The molecule has 1 heterocycles. The van der Waals surface area contributed by atoms with Crippen molar-refractivity contribution in [1.82, 2.24) is 4.72 Å². The number of halogens is 2. The molecule has 20 heavy (non-hydrogen) atoms. The van der Waals surface area contributed by atoms with Crippen LogP contribution in [0.15, 0.2) is 39.9 Å². The van der Waals surface area contributed by atoms with Gasteiger partial charge < -0.3 is 4.74 Å². The Kier molecular flexibility index (Phi) is 4.69. The molecule has 1 aromatic heterocycles. The molecule has 0 aliphatic rings. The van der Waals surface area contributed by atoms with Gasteiger partial charge in [-0.3, -0.25) is 0 Å². The van der Waals surface area contributed by atoms with E-state index in [4.69, 9.17) is 4.74 Å². The largest absolute Gasteiger partial charge is 0.492 e. The third kappa shape index (κ3) is 3.75. The summed E-state index contributed by atoms with van der Waals surface area (Å²) in [6, 6.07) is 6.25. The van der Waals surface area contributed by atoms with Gasteiger partial charge in [0.25, 0.3) is 0 Å². The molecule has 0 fully saturated rings. The van der Waals surface area contributed by atoms with Crippen LogP contribution in [0.3, 0.4) is 0 Å². The van der Waals surface area contributed by atoms with Gasteiger partial charge in [-0.05, 0) is 23.6 Å². The lowest BCUT2D eigenvalue weighted by Gasteiger charge is -2.07. The van der Waals surface area contributed by atoms with Crippen LogP contribution < -0.4 is 9.46 Å². The molecule has 2 aromatic rings. The zero-order valence-corrected chi connectivity index (χ0v) is 11.8. The van der Waals surface area contributed by atoms with E-state index in [0.29, 0.717) is 0 Å². The van der Waals surface area contributed by atoms with Crippen molar-refractivity contribution in [1.29, 1.82) is 0 Å². The van der Waals surface area contributed by atoms with Gasteiger partial charge in [-0.2, -0.15) is 0 Å². The first kappa shape index (κ1) is 14.9. The van der Waals surface area contributed by atoms with E-state index < -0.39 is 21.7 Å². The highest BCUT2D eigenvalue weighted by atomic mass is 32.2. The van der Waals surface area contributed by atoms with Gasteiger partial charge in [-0.1, -0.05) is 6.07 Å². The summed E-state index contributed by atoms with van der Waals surface area (Å²) in [5, 5.41) is 1.66. The van der Waals surface area contributed by atoms with Crippen molar-refractivity contribution in [2.24, 2.45) is 0 Å². The lowest BCUT2D eigenvalue weighted by molar-refractivity contribution is 0.319. The quantitative estimate of drug-likeness (QED) is 0.832. The van der Waals surface area contributed by atoms with E-state index in [1.165, 1.54) is 12.1 Å². The van der Waals surface area contributed by atoms with E-state index in [9.17, 15) is 17.2 Å². The SMILES string of the molecule is O=S(=O)(NCCOc1ccc(F)c(F)c1)c1cccs1. The molecule has 1 N–H and O–H groups in total. The first-order valence-electron chi connectivity index (χ1n) is 5.60. The van der Waals surface area contributed by atoms with Crippen LogP contribution in [0, 0.1) is 11.6 Å². The zero-order chi connectivity index (χ0) is 14.6. The van der Waals surface area contributed by atoms with E-state index in [2.05, 4.69) is 4.72 Å². The van der Waals surface area contributed by atoms with Crippen LogP contribution in [-0.4, -0.2) is 21.6 Å². The van der Waals surface area contributed by atoms with Crippen LogP contribution in [0.2, 0.25) is 0 Å². The predicted octanol–water partition coefficient (Wildman–Crippen LogP) is 2.38. The highest BCUT2D eigenvalue weighted by Gasteiger charge is 2.14. The van der Waals surface area contributed by atoms with Crippen molar-refractivity contribution < 1.29 is 21.9 Å². The van der Waals surface area contributed by atoms with Gasteiger partial charge in [0.15, 0.2) is 11.6 Å². The molecule has 8 heteroatoms. The fourth-order valence-corrected chi connectivity index (χ4v) is 3.45. The first-order chi connectivity index (χ1) is 9.49. The third-order valence-electron chi connectivity index (χ3n) is 2.31. The van der Waals surface area contributed by atoms with E-state index in [1.54, 1.807) is 11.4 Å². The molecule has 1 aromatic carbocycles. The van der Waals surface area contributed by atoms with Crippen molar-refractivity contribution in [3.05, 3.63) is 47.3 Å². The molecular weight excluding hydrogens is 308 g/mol. The molecule has 0 unspecified atom stereocenters. The Balaban J connectivity index is 1.83. The van der Waals surface area contributed by atoms with Crippen LogP contribution in [0.5, 0.6) is 5.75 Å². The molecule has 0 saturated heterocycles. The average molecular weight is 319 g/mol. The lowest BCUT2D eigenvalue weighted by Crippen LogP contribution is -2.27. The van der Waals surface area contributed by atoms with Crippen LogP contribution >= 0.6 is 11.3 Å². The highest BCUT2D eigenvalue weighted by Crippen LogP contribution is 2.16. The fraction of sp³-hybridized carbons (Fsp3) is 0.167. The maximum atomic E-state index is 12.9. The Morgan fingerprint density at radius 1 is 1.20 bits per heavy atom. The molecule has 2 rings (SSSR count).